The molecule has 124 valence electrons. The van der Waals surface area contributed by atoms with E-state index in [1.807, 2.05) is 6.92 Å². The van der Waals surface area contributed by atoms with E-state index in [9.17, 15) is 14.0 Å². The van der Waals surface area contributed by atoms with Crippen molar-refractivity contribution >= 4 is 11.8 Å². The standard InChI is InChI=1S/C19H19FN2O2/c1-12(16-4-2-3-5-17(16)20)22(15-10-11-15)19(24)14-8-6-13(7-9-14)18(21)23/h2-9,12,15H,10-11H2,1H3,(H2,21,23). The highest BCUT2D eigenvalue weighted by molar-refractivity contribution is 5.97. The molecule has 0 heterocycles. The second kappa shape index (κ2) is 6.43. The SMILES string of the molecule is CC(c1ccccc1F)N(C(=O)c1ccc(C(N)=O)cc1)C1CC1. The van der Waals surface area contributed by atoms with Gasteiger partial charge < -0.3 is 10.6 Å². The molecule has 4 nitrogen and oxygen atoms in total. The van der Waals surface area contributed by atoms with E-state index in [-0.39, 0.29) is 23.8 Å². The molecule has 1 aliphatic carbocycles. The summed E-state index contributed by atoms with van der Waals surface area (Å²) in [5.41, 5.74) is 6.55. The summed E-state index contributed by atoms with van der Waals surface area (Å²) in [5.74, 6) is -1.01. The summed E-state index contributed by atoms with van der Waals surface area (Å²) in [6, 6.07) is 12.5. The number of hydrogen-bond acceptors (Lipinski definition) is 2. The zero-order valence-electron chi connectivity index (χ0n) is 13.4. The lowest BCUT2D eigenvalue weighted by Crippen LogP contribution is -2.36. The Morgan fingerprint density at radius 3 is 2.21 bits per heavy atom. The van der Waals surface area contributed by atoms with Crippen LogP contribution >= 0.6 is 0 Å². The molecule has 1 aliphatic rings. The lowest BCUT2D eigenvalue weighted by molar-refractivity contribution is 0.0670. The van der Waals surface area contributed by atoms with Crippen molar-refractivity contribution in [2.24, 2.45) is 5.73 Å². The molecule has 0 aliphatic heterocycles. The molecular formula is C19H19FN2O2. The summed E-state index contributed by atoms with van der Waals surface area (Å²) in [7, 11) is 0. The second-order valence-corrected chi connectivity index (χ2v) is 6.08. The van der Waals surface area contributed by atoms with Gasteiger partial charge in [-0.1, -0.05) is 18.2 Å². The van der Waals surface area contributed by atoms with E-state index < -0.39 is 5.91 Å². The van der Waals surface area contributed by atoms with Gasteiger partial charge in [0.05, 0.1) is 6.04 Å². The van der Waals surface area contributed by atoms with E-state index in [1.165, 1.54) is 18.2 Å². The fourth-order valence-electron chi connectivity index (χ4n) is 2.90. The van der Waals surface area contributed by atoms with Gasteiger partial charge in [-0.3, -0.25) is 9.59 Å². The maximum absolute atomic E-state index is 14.1. The van der Waals surface area contributed by atoms with Crippen LogP contribution in [0.4, 0.5) is 4.39 Å². The van der Waals surface area contributed by atoms with Crippen molar-refractivity contribution in [1.29, 1.82) is 0 Å². The largest absolute Gasteiger partial charge is 0.366 e. The predicted octanol–water partition coefficient (Wildman–Crippen LogP) is 3.29. The molecule has 0 aromatic heterocycles. The van der Waals surface area contributed by atoms with Crippen LogP contribution in [-0.4, -0.2) is 22.8 Å². The Kier molecular flexibility index (Phi) is 4.34. The van der Waals surface area contributed by atoms with Crippen molar-refractivity contribution in [2.45, 2.75) is 31.8 Å². The van der Waals surface area contributed by atoms with Gasteiger partial charge in [0.25, 0.3) is 5.91 Å². The van der Waals surface area contributed by atoms with Gasteiger partial charge in [0.2, 0.25) is 5.91 Å². The van der Waals surface area contributed by atoms with Crippen molar-refractivity contribution in [1.82, 2.24) is 4.90 Å². The second-order valence-electron chi connectivity index (χ2n) is 6.08. The third-order valence-corrected chi connectivity index (χ3v) is 4.36. The highest BCUT2D eigenvalue weighted by Crippen LogP contribution is 2.36. The van der Waals surface area contributed by atoms with E-state index in [0.29, 0.717) is 16.7 Å². The van der Waals surface area contributed by atoms with Crippen LogP contribution in [0, 0.1) is 5.82 Å². The number of carbonyl (C=O) groups excluding carboxylic acids is 2. The van der Waals surface area contributed by atoms with Gasteiger partial charge in [0, 0.05) is 22.7 Å². The van der Waals surface area contributed by atoms with Gasteiger partial charge in [-0.25, -0.2) is 4.39 Å². The van der Waals surface area contributed by atoms with Gasteiger partial charge in [-0.05, 0) is 50.1 Å². The predicted molar refractivity (Wildman–Crippen MR) is 89.0 cm³/mol. The summed E-state index contributed by atoms with van der Waals surface area (Å²) in [6.45, 7) is 1.84. The third kappa shape index (κ3) is 3.15. The third-order valence-electron chi connectivity index (χ3n) is 4.36. The minimum absolute atomic E-state index is 0.128. The molecular weight excluding hydrogens is 307 g/mol. The first-order valence-electron chi connectivity index (χ1n) is 7.96. The van der Waals surface area contributed by atoms with Crippen LogP contribution in [0.25, 0.3) is 0 Å². The monoisotopic (exact) mass is 326 g/mol. The van der Waals surface area contributed by atoms with Crippen LogP contribution in [0.1, 0.15) is 52.1 Å². The summed E-state index contributed by atoms with van der Waals surface area (Å²) in [6.07, 6.45) is 1.84. The van der Waals surface area contributed by atoms with E-state index in [2.05, 4.69) is 0 Å². The quantitative estimate of drug-likeness (QED) is 0.916. The molecule has 1 unspecified atom stereocenters. The molecule has 1 saturated carbocycles. The van der Waals surface area contributed by atoms with E-state index in [0.717, 1.165) is 12.8 Å². The Morgan fingerprint density at radius 2 is 1.67 bits per heavy atom. The molecule has 0 spiro atoms. The van der Waals surface area contributed by atoms with Gasteiger partial charge >= 0.3 is 0 Å². The molecule has 2 aromatic rings. The van der Waals surface area contributed by atoms with Crippen LogP contribution in [0.3, 0.4) is 0 Å². The number of hydrogen-bond donors (Lipinski definition) is 1. The lowest BCUT2D eigenvalue weighted by Gasteiger charge is -2.30. The first-order chi connectivity index (χ1) is 11.5. The Labute approximate surface area is 140 Å². The van der Waals surface area contributed by atoms with Crippen LogP contribution in [-0.2, 0) is 0 Å². The Bertz CT molecular complexity index is 769. The number of rotatable bonds is 5. The highest BCUT2D eigenvalue weighted by Gasteiger charge is 2.37. The molecule has 0 saturated heterocycles. The number of carbonyl (C=O) groups is 2. The number of primary amides is 1. The van der Waals surface area contributed by atoms with Crippen LogP contribution in [0.15, 0.2) is 48.5 Å². The van der Waals surface area contributed by atoms with E-state index >= 15 is 0 Å². The molecule has 1 fully saturated rings. The molecule has 24 heavy (non-hydrogen) atoms. The molecule has 5 heteroatoms. The van der Waals surface area contributed by atoms with Gasteiger partial charge in [-0.2, -0.15) is 0 Å². The molecule has 2 amide bonds. The highest BCUT2D eigenvalue weighted by atomic mass is 19.1. The smallest absolute Gasteiger partial charge is 0.254 e. The van der Waals surface area contributed by atoms with Crippen molar-refractivity contribution in [3.05, 3.63) is 71.0 Å². The Balaban J connectivity index is 1.89. The molecule has 0 radical (unpaired) electrons. The zero-order valence-corrected chi connectivity index (χ0v) is 13.4. The number of amides is 2. The normalized spacial score (nSPS) is 14.9. The average molecular weight is 326 g/mol. The Morgan fingerprint density at radius 1 is 1.08 bits per heavy atom. The van der Waals surface area contributed by atoms with Gasteiger partial charge in [-0.15, -0.1) is 0 Å². The number of nitrogens with two attached hydrogens (primary N) is 1. The maximum atomic E-state index is 14.1. The maximum Gasteiger partial charge on any atom is 0.254 e. The van der Waals surface area contributed by atoms with Crippen molar-refractivity contribution in [3.63, 3.8) is 0 Å². The number of benzene rings is 2. The molecule has 3 rings (SSSR count). The fraction of sp³-hybridized carbons (Fsp3) is 0.263. The first kappa shape index (κ1) is 16.2. The Hall–Kier alpha value is -2.69. The molecule has 2 aromatic carbocycles. The van der Waals surface area contributed by atoms with Crippen LogP contribution < -0.4 is 5.73 Å². The number of halogens is 1. The molecule has 0 bridgehead atoms. The fourth-order valence-corrected chi connectivity index (χ4v) is 2.90. The zero-order chi connectivity index (χ0) is 17.3. The first-order valence-corrected chi connectivity index (χ1v) is 7.96. The summed E-state index contributed by atoms with van der Waals surface area (Å²) >= 11 is 0. The minimum atomic E-state index is -0.534. The summed E-state index contributed by atoms with van der Waals surface area (Å²) in [4.78, 5) is 25.8. The summed E-state index contributed by atoms with van der Waals surface area (Å²) in [5, 5.41) is 0. The molecule has 2 N–H and O–H groups in total. The van der Waals surface area contributed by atoms with Gasteiger partial charge in [0.1, 0.15) is 5.82 Å². The number of nitrogens with zero attached hydrogens (tertiary/aromatic N) is 1. The van der Waals surface area contributed by atoms with Crippen molar-refractivity contribution < 1.29 is 14.0 Å². The van der Waals surface area contributed by atoms with E-state index in [1.54, 1.807) is 35.2 Å². The minimum Gasteiger partial charge on any atom is -0.366 e. The molecule has 1 atom stereocenters. The average Bonchev–Trinajstić information content (AvgIpc) is 3.40. The van der Waals surface area contributed by atoms with Crippen molar-refractivity contribution in [3.8, 4) is 0 Å². The van der Waals surface area contributed by atoms with Crippen LogP contribution in [0.5, 0.6) is 0 Å². The van der Waals surface area contributed by atoms with E-state index in [4.69, 9.17) is 5.73 Å². The van der Waals surface area contributed by atoms with Crippen LogP contribution in [0.2, 0.25) is 0 Å². The topological polar surface area (TPSA) is 63.4 Å². The lowest BCUT2D eigenvalue weighted by atomic mass is 10.0. The van der Waals surface area contributed by atoms with Gasteiger partial charge in [0.15, 0.2) is 0 Å². The van der Waals surface area contributed by atoms with Crippen molar-refractivity contribution in [2.75, 3.05) is 0 Å². The summed E-state index contributed by atoms with van der Waals surface area (Å²) < 4.78 is 14.1.